The minimum atomic E-state index is -0.408. The van der Waals surface area contributed by atoms with Gasteiger partial charge in [0, 0.05) is 18.2 Å². The van der Waals surface area contributed by atoms with Gasteiger partial charge in [0.15, 0.2) is 5.82 Å². The summed E-state index contributed by atoms with van der Waals surface area (Å²) in [5.74, 6) is -0.497. The Balaban J connectivity index is 2.10. The first-order valence-corrected chi connectivity index (χ1v) is 7.32. The van der Waals surface area contributed by atoms with Gasteiger partial charge in [0.25, 0.3) is 5.91 Å². The molecule has 1 N–H and O–H groups in total. The maximum absolute atomic E-state index is 12.5. The Kier molecular flexibility index (Phi) is 5.78. The van der Waals surface area contributed by atoms with Crippen molar-refractivity contribution in [2.45, 2.75) is 0 Å². The molecule has 0 aliphatic carbocycles. The predicted molar refractivity (Wildman–Crippen MR) is 87.7 cm³/mol. The second-order valence-electron chi connectivity index (χ2n) is 4.54. The fourth-order valence-electron chi connectivity index (χ4n) is 1.82. The highest BCUT2D eigenvalue weighted by atomic mass is 35.5. The summed E-state index contributed by atoms with van der Waals surface area (Å²) in [5, 5.41) is 6.71. The van der Waals surface area contributed by atoms with E-state index < -0.39 is 5.91 Å². The number of carbonyl (C=O) groups is 2. The summed E-state index contributed by atoms with van der Waals surface area (Å²) in [7, 11) is 0. The van der Waals surface area contributed by atoms with Crippen LogP contribution < -0.4 is 5.32 Å². The van der Waals surface area contributed by atoms with E-state index in [4.69, 9.17) is 23.2 Å². The highest BCUT2D eigenvalue weighted by Gasteiger charge is 2.19. The van der Waals surface area contributed by atoms with Crippen LogP contribution in [0.2, 0.25) is 10.0 Å². The van der Waals surface area contributed by atoms with Crippen LogP contribution in [0, 0.1) is 0 Å². The highest BCUT2D eigenvalue weighted by Crippen LogP contribution is 2.23. The molecule has 2 aromatic rings. The van der Waals surface area contributed by atoms with Gasteiger partial charge in [0.05, 0.1) is 10.0 Å². The third-order valence-corrected chi connectivity index (χ3v) is 3.58. The normalized spacial score (nSPS) is 10.2. The molecule has 8 heteroatoms. The summed E-state index contributed by atoms with van der Waals surface area (Å²) in [5.41, 5.74) is 0.329. The molecule has 1 aromatic carbocycles. The first-order valence-electron chi connectivity index (χ1n) is 6.56. The molecule has 6 nitrogen and oxygen atoms in total. The van der Waals surface area contributed by atoms with E-state index >= 15 is 0 Å². The number of benzene rings is 1. The largest absolute Gasteiger partial charge is 0.363 e. The number of aromatic nitrogens is 1. The lowest BCUT2D eigenvalue weighted by atomic mass is 10.2. The topological polar surface area (TPSA) is 75.4 Å². The molecule has 1 aromatic heterocycles. The SMILES string of the molecule is C=CCN(CC(=O)Nc1ccon1)C(=O)c1ccc(Cl)c(Cl)c1. The van der Waals surface area contributed by atoms with E-state index in [9.17, 15) is 9.59 Å². The van der Waals surface area contributed by atoms with Crippen molar-refractivity contribution in [3.05, 3.63) is 58.8 Å². The number of hydrogen-bond acceptors (Lipinski definition) is 4. The lowest BCUT2D eigenvalue weighted by Crippen LogP contribution is -2.38. The Morgan fingerprint density at radius 3 is 2.70 bits per heavy atom. The van der Waals surface area contributed by atoms with Crippen molar-refractivity contribution in [1.82, 2.24) is 10.1 Å². The zero-order valence-electron chi connectivity index (χ0n) is 12.0. The predicted octanol–water partition coefficient (Wildman–Crippen LogP) is 3.25. The van der Waals surface area contributed by atoms with E-state index in [1.807, 2.05) is 0 Å². The van der Waals surface area contributed by atoms with Crippen molar-refractivity contribution >= 4 is 40.8 Å². The van der Waals surface area contributed by atoms with Crippen LogP contribution >= 0.6 is 23.2 Å². The second kappa shape index (κ2) is 7.80. The van der Waals surface area contributed by atoms with E-state index in [0.717, 1.165) is 0 Å². The quantitative estimate of drug-likeness (QED) is 0.808. The van der Waals surface area contributed by atoms with Crippen LogP contribution in [-0.2, 0) is 4.79 Å². The Hall–Kier alpha value is -2.31. The summed E-state index contributed by atoms with van der Waals surface area (Å²) >= 11 is 11.8. The molecule has 1 heterocycles. The molecular weight excluding hydrogens is 341 g/mol. The van der Waals surface area contributed by atoms with Gasteiger partial charge < -0.3 is 14.7 Å². The molecule has 0 spiro atoms. The fraction of sp³-hybridized carbons (Fsp3) is 0.133. The van der Waals surface area contributed by atoms with Gasteiger partial charge in [0.2, 0.25) is 5.91 Å². The lowest BCUT2D eigenvalue weighted by molar-refractivity contribution is -0.116. The number of nitrogens with zero attached hydrogens (tertiary/aromatic N) is 2. The molecular formula is C15H13Cl2N3O3. The Morgan fingerprint density at radius 1 is 1.30 bits per heavy atom. The van der Waals surface area contributed by atoms with Crippen molar-refractivity contribution in [2.24, 2.45) is 0 Å². The van der Waals surface area contributed by atoms with Gasteiger partial charge >= 0.3 is 0 Å². The van der Waals surface area contributed by atoms with Crippen LogP contribution in [0.25, 0.3) is 0 Å². The Labute approximate surface area is 142 Å². The van der Waals surface area contributed by atoms with Crippen LogP contribution in [0.15, 0.2) is 47.7 Å². The first-order chi connectivity index (χ1) is 11.0. The van der Waals surface area contributed by atoms with Crippen molar-refractivity contribution in [3.8, 4) is 0 Å². The van der Waals surface area contributed by atoms with Gasteiger partial charge in [0.1, 0.15) is 12.8 Å². The van der Waals surface area contributed by atoms with Gasteiger partial charge in [-0.25, -0.2) is 0 Å². The third kappa shape index (κ3) is 4.58. The molecule has 23 heavy (non-hydrogen) atoms. The molecule has 0 fully saturated rings. The lowest BCUT2D eigenvalue weighted by Gasteiger charge is -2.20. The van der Waals surface area contributed by atoms with E-state index in [1.54, 1.807) is 6.07 Å². The fourth-order valence-corrected chi connectivity index (χ4v) is 2.12. The van der Waals surface area contributed by atoms with E-state index in [-0.39, 0.29) is 29.8 Å². The smallest absolute Gasteiger partial charge is 0.254 e. The zero-order valence-corrected chi connectivity index (χ0v) is 13.5. The molecule has 0 atom stereocenters. The van der Waals surface area contributed by atoms with Gasteiger partial charge in [-0.05, 0) is 18.2 Å². The molecule has 0 saturated heterocycles. The molecule has 0 bridgehead atoms. The van der Waals surface area contributed by atoms with Gasteiger partial charge in [-0.15, -0.1) is 6.58 Å². The molecule has 0 aliphatic heterocycles. The molecule has 2 rings (SSSR count). The zero-order chi connectivity index (χ0) is 16.8. The van der Waals surface area contributed by atoms with Gasteiger partial charge in [-0.3, -0.25) is 9.59 Å². The van der Waals surface area contributed by atoms with Crippen molar-refractivity contribution in [3.63, 3.8) is 0 Å². The van der Waals surface area contributed by atoms with Gasteiger partial charge in [-0.1, -0.05) is 34.4 Å². The van der Waals surface area contributed by atoms with E-state index in [2.05, 4.69) is 21.6 Å². The minimum Gasteiger partial charge on any atom is -0.363 e. The monoisotopic (exact) mass is 353 g/mol. The van der Waals surface area contributed by atoms with Crippen LogP contribution in [0.5, 0.6) is 0 Å². The van der Waals surface area contributed by atoms with Gasteiger partial charge in [-0.2, -0.15) is 0 Å². The van der Waals surface area contributed by atoms with Crippen LogP contribution in [-0.4, -0.2) is 35.0 Å². The van der Waals surface area contributed by atoms with Crippen molar-refractivity contribution in [2.75, 3.05) is 18.4 Å². The van der Waals surface area contributed by atoms with E-state index in [1.165, 1.54) is 35.4 Å². The summed E-state index contributed by atoms with van der Waals surface area (Å²) in [6.07, 6.45) is 2.86. The Morgan fingerprint density at radius 2 is 2.09 bits per heavy atom. The number of anilines is 1. The molecule has 0 aliphatic rings. The van der Waals surface area contributed by atoms with Crippen molar-refractivity contribution in [1.29, 1.82) is 0 Å². The number of amides is 2. The van der Waals surface area contributed by atoms with Crippen molar-refractivity contribution < 1.29 is 14.1 Å². The number of rotatable bonds is 6. The number of hydrogen-bond donors (Lipinski definition) is 1. The summed E-state index contributed by atoms with van der Waals surface area (Å²) in [4.78, 5) is 25.8. The molecule has 0 unspecified atom stereocenters. The molecule has 0 saturated carbocycles. The number of carbonyl (C=O) groups excluding carboxylic acids is 2. The average Bonchev–Trinajstić information content (AvgIpc) is 3.01. The maximum atomic E-state index is 12.5. The highest BCUT2D eigenvalue weighted by molar-refractivity contribution is 6.42. The van der Waals surface area contributed by atoms with E-state index in [0.29, 0.717) is 10.6 Å². The number of halogens is 2. The first kappa shape index (κ1) is 17.1. The molecule has 120 valence electrons. The van der Waals surface area contributed by atoms with Crippen LogP contribution in [0.4, 0.5) is 5.82 Å². The second-order valence-corrected chi connectivity index (χ2v) is 5.35. The molecule has 2 amide bonds. The standard InChI is InChI=1S/C15H13Cl2N3O3/c1-2-6-20(9-14(21)18-13-5-7-23-19-13)15(22)10-3-4-11(16)12(17)8-10/h2-5,7-8H,1,6,9H2,(H,18,19,21). The summed E-state index contributed by atoms with van der Waals surface area (Å²) in [6.45, 7) is 3.62. The third-order valence-electron chi connectivity index (χ3n) is 2.84. The van der Waals surface area contributed by atoms with Crippen LogP contribution in [0.3, 0.4) is 0 Å². The maximum Gasteiger partial charge on any atom is 0.254 e. The average molecular weight is 354 g/mol. The van der Waals surface area contributed by atoms with Crippen LogP contribution in [0.1, 0.15) is 10.4 Å². The summed E-state index contributed by atoms with van der Waals surface area (Å²) < 4.78 is 4.62. The number of nitrogens with one attached hydrogen (secondary N) is 1. The summed E-state index contributed by atoms with van der Waals surface area (Å²) in [6, 6.07) is 6.02. The Bertz CT molecular complexity index is 717. The molecule has 0 radical (unpaired) electrons. The minimum absolute atomic E-state index is 0.169.